The van der Waals surface area contributed by atoms with E-state index in [-0.39, 0.29) is 12.5 Å². The summed E-state index contributed by atoms with van der Waals surface area (Å²) in [5.74, 6) is -0.180. The summed E-state index contributed by atoms with van der Waals surface area (Å²) in [5.41, 5.74) is 0.393. The van der Waals surface area contributed by atoms with Crippen molar-refractivity contribution < 1.29 is 15.0 Å². The molecule has 2 heterocycles. The number of amides is 1. The summed E-state index contributed by atoms with van der Waals surface area (Å²) in [5, 5.41) is 21.0. The Balaban J connectivity index is 1.78. The fourth-order valence-corrected chi connectivity index (χ4v) is 3.96. The van der Waals surface area contributed by atoms with Gasteiger partial charge in [-0.25, -0.2) is 0 Å². The fraction of sp³-hybridized carbons (Fsp3) is 0.632. The average Bonchev–Trinajstić information content (AvgIpc) is 2.64. The van der Waals surface area contributed by atoms with Crippen molar-refractivity contribution in [1.82, 2.24) is 4.90 Å². The Hall–Kier alpha value is -1.30. The van der Waals surface area contributed by atoms with E-state index in [2.05, 4.69) is 4.90 Å². The SMILES string of the molecule is CC[C@@]1(O)CCN(C(=O)c2cc(N3CCCCC3)ccc2Cl)CC1O. The summed E-state index contributed by atoms with van der Waals surface area (Å²) < 4.78 is 0. The maximum Gasteiger partial charge on any atom is 0.255 e. The third-order valence-corrected chi connectivity index (χ3v) is 5.96. The van der Waals surface area contributed by atoms with Crippen LogP contribution in [0, 0.1) is 0 Å². The first-order valence-electron chi connectivity index (χ1n) is 9.19. The van der Waals surface area contributed by atoms with E-state index in [0.717, 1.165) is 18.8 Å². The van der Waals surface area contributed by atoms with E-state index >= 15 is 0 Å². The lowest BCUT2D eigenvalue weighted by molar-refractivity contribution is -0.114. The average molecular weight is 367 g/mol. The molecule has 2 N–H and O–H groups in total. The summed E-state index contributed by atoms with van der Waals surface area (Å²) in [6, 6.07) is 5.61. The first-order valence-corrected chi connectivity index (χ1v) is 9.56. The van der Waals surface area contributed by atoms with Gasteiger partial charge in [0.2, 0.25) is 0 Å². The van der Waals surface area contributed by atoms with Gasteiger partial charge in [0.15, 0.2) is 0 Å². The molecule has 25 heavy (non-hydrogen) atoms. The highest BCUT2D eigenvalue weighted by atomic mass is 35.5. The van der Waals surface area contributed by atoms with Gasteiger partial charge in [-0.15, -0.1) is 0 Å². The molecule has 1 unspecified atom stereocenters. The van der Waals surface area contributed by atoms with Crippen molar-refractivity contribution in [2.24, 2.45) is 0 Å². The largest absolute Gasteiger partial charge is 0.388 e. The Labute approximate surface area is 154 Å². The molecule has 0 spiro atoms. The van der Waals surface area contributed by atoms with Crippen LogP contribution in [-0.2, 0) is 0 Å². The number of nitrogens with zero attached hydrogens (tertiary/aromatic N) is 2. The van der Waals surface area contributed by atoms with Crippen LogP contribution < -0.4 is 4.90 Å². The highest BCUT2D eigenvalue weighted by Gasteiger charge is 2.40. The topological polar surface area (TPSA) is 64.0 Å². The maximum atomic E-state index is 12.9. The van der Waals surface area contributed by atoms with E-state index in [1.54, 1.807) is 11.0 Å². The molecule has 0 saturated carbocycles. The number of β-amino-alcohol motifs (C(OH)–C–C–N with tert-alkyl or cyclic N) is 1. The Bertz CT molecular complexity index is 633. The molecule has 2 aliphatic rings. The number of hydrogen-bond donors (Lipinski definition) is 2. The number of aliphatic hydroxyl groups is 2. The lowest BCUT2D eigenvalue weighted by Crippen LogP contribution is -2.56. The summed E-state index contributed by atoms with van der Waals surface area (Å²) in [4.78, 5) is 16.8. The van der Waals surface area contributed by atoms with Crippen LogP contribution in [0.3, 0.4) is 0 Å². The van der Waals surface area contributed by atoms with Gasteiger partial charge in [-0.2, -0.15) is 0 Å². The van der Waals surface area contributed by atoms with Crippen LogP contribution in [-0.4, -0.2) is 58.9 Å². The van der Waals surface area contributed by atoms with Gasteiger partial charge < -0.3 is 20.0 Å². The van der Waals surface area contributed by atoms with Crippen molar-refractivity contribution >= 4 is 23.2 Å². The second-order valence-corrected chi connectivity index (χ2v) is 7.59. The van der Waals surface area contributed by atoms with Gasteiger partial charge in [-0.3, -0.25) is 4.79 Å². The van der Waals surface area contributed by atoms with Crippen LogP contribution in [0.5, 0.6) is 0 Å². The van der Waals surface area contributed by atoms with Gasteiger partial charge >= 0.3 is 0 Å². The second kappa shape index (κ2) is 7.52. The number of anilines is 1. The minimum absolute atomic E-state index is 0.132. The number of rotatable bonds is 3. The standard InChI is InChI=1S/C19H27ClN2O3/c1-2-19(25)8-11-22(13-17(19)23)18(24)15-12-14(6-7-16(15)20)21-9-4-3-5-10-21/h6-7,12,17,23,25H,2-5,8-11,13H2,1H3/t17?,19-/m1/s1. The number of benzene rings is 1. The summed E-state index contributed by atoms with van der Waals surface area (Å²) in [7, 11) is 0. The molecule has 5 nitrogen and oxygen atoms in total. The first kappa shape index (κ1) is 18.5. The molecule has 2 aliphatic heterocycles. The van der Waals surface area contributed by atoms with Crippen LogP contribution in [0.15, 0.2) is 18.2 Å². The lowest BCUT2D eigenvalue weighted by atomic mass is 9.86. The molecule has 2 saturated heterocycles. The fourth-order valence-electron chi connectivity index (χ4n) is 3.76. The second-order valence-electron chi connectivity index (χ2n) is 7.19. The predicted octanol–water partition coefficient (Wildman–Crippen LogP) is 2.68. The molecule has 0 radical (unpaired) electrons. The number of likely N-dealkylation sites (tertiary alicyclic amines) is 1. The molecule has 0 aliphatic carbocycles. The minimum atomic E-state index is -1.10. The monoisotopic (exact) mass is 366 g/mol. The molecule has 1 aromatic rings. The van der Waals surface area contributed by atoms with Crippen molar-refractivity contribution in [3.8, 4) is 0 Å². The Morgan fingerprint density at radius 3 is 2.64 bits per heavy atom. The van der Waals surface area contributed by atoms with Gasteiger partial charge in [0.1, 0.15) is 6.10 Å². The Morgan fingerprint density at radius 2 is 2.00 bits per heavy atom. The maximum absolute atomic E-state index is 12.9. The lowest BCUT2D eigenvalue weighted by Gasteiger charge is -2.41. The van der Waals surface area contributed by atoms with Crippen molar-refractivity contribution in [2.75, 3.05) is 31.1 Å². The number of aliphatic hydroxyl groups excluding tert-OH is 1. The number of carbonyl (C=O) groups is 1. The van der Waals surface area contributed by atoms with Crippen molar-refractivity contribution in [3.63, 3.8) is 0 Å². The Kier molecular flexibility index (Phi) is 5.56. The molecule has 3 rings (SSSR count). The Morgan fingerprint density at radius 1 is 1.28 bits per heavy atom. The van der Waals surface area contributed by atoms with Crippen LogP contribution in [0.1, 0.15) is 49.4 Å². The molecule has 2 atom stereocenters. The van der Waals surface area contributed by atoms with Crippen LogP contribution >= 0.6 is 11.6 Å². The zero-order valence-electron chi connectivity index (χ0n) is 14.7. The van der Waals surface area contributed by atoms with E-state index in [0.29, 0.717) is 30.0 Å². The molecule has 2 fully saturated rings. The van der Waals surface area contributed by atoms with E-state index < -0.39 is 11.7 Å². The summed E-state index contributed by atoms with van der Waals surface area (Å²) in [6.07, 6.45) is 3.50. The molecule has 6 heteroatoms. The van der Waals surface area contributed by atoms with Crippen LogP contribution in [0.2, 0.25) is 5.02 Å². The van der Waals surface area contributed by atoms with E-state index in [1.165, 1.54) is 19.3 Å². The first-order chi connectivity index (χ1) is 11.9. The van der Waals surface area contributed by atoms with E-state index in [4.69, 9.17) is 11.6 Å². The smallest absolute Gasteiger partial charge is 0.255 e. The third kappa shape index (κ3) is 3.78. The highest BCUT2D eigenvalue weighted by Crippen LogP contribution is 2.30. The van der Waals surface area contributed by atoms with Crippen molar-refractivity contribution in [1.29, 1.82) is 0 Å². The quantitative estimate of drug-likeness (QED) is 0.863. The predicted molar refractivity (Wildman–Crippen MR) is 99.3 cm³/mol. The molecule has 0 bridgehead atoms. The van der Waals surface area contributed by atoms with Gasteiger partial charge in [-0.05, 0) is 50.3 Å². The van der Waals surface area contributed by atoms with Crippen molar-refractivity contribution in [3.05, 3.63) is 28.8 Å². The molecular weight excluding hydrogens is 340 g/mol. The third-order valence-electron chi connectivity index (χ3n) is 5.63. The van der Waals surface area contributed by atoms with Crippen molar-refractivity contribution in [2.45, 2.75) is 50.7 Å². The molecule has 1 aromatic carbocycles. The highest BCUT2D eigenvalue weighted by molar-refractivity contribution is 6.34. The van der Waals surface area contributed by atoms with Gasteiger partial charge in [0, 0.05) is 31.9 Å². The number of hydrogen-bond acceptors (Lipinski definition) is 4. The van der Waals surface area contributed by atoms with E-state index in [9.17, 15) is 15.0 Å². The molecular formula is C19H27ClN2O3. The number of halogens is 1. The molecule has 138 valence electrons. The van der Waals surface area contributed by atoms with Gasteiger partial charge in [-0.1, -0.05) is 18.5 Å². The zero-order valence-corrected chi connectivity index (χ0v) is 15.5. The summed E-state index contributed by atoms with van der Waals surface area (Å²) in [6.45, 7) is 4.40. The van der Waals surface area contributed by atoms with E-state index in [1.807, 2.05) is 19.1 Å². The van der Waals surface area contributed by atoms with Crippen LogP contribution in [0.25, 0.3) is 0 Å². The molecule has 0 aromatic heterocycles. The zero-order chi connectivity index (χ0) is 18.0. The molecule has 1 amide bonds. The minimum Gasteiger partial charge on any atom is -0.388 e. The van der Waals surface area contributed by atoms with Gasteiger partial charge in [0.05, 0.1) is 16.2 Å². The van der Waals surface area contributed by atoms with Crippen LogP contribution in [0.4, 0.5) is 5.69 Å². The number of piperidine rings is 2. The van der Waals surface area contributed by atoms with Gasteiger partial charge in [0.25, 0.3) is 5.91 Å². The normalized spacial score (nSPS) is 27.4. The number of carbonyl (C=O) groups excluding carboxylic acids is 1. The summed E-state index contributed by atoms with van der Waals surface area (Å²) >= 11 is 6.29.